The fourth-order valence-electron chi connectivity index (χ4n) is 2.67. The molecule has 0 amide bonds. The van der Waals surface area contributed by atoms with Crippen LogP contribution in [0, 0.1) is 0 Å². The molecule has 0 fully saturated rings. The van der Waals surface area contributed by atoms with Crippen LogP contribution < -0.4 is 14.8 Å². The largest absolute Gasteiger partial charge is 0.495 e. The van der Waals surface area contributed by atoms with Crippen molar-refractivity contribution in [3.8, 4) is 28.5 Å². The molecule has 0 spiro atoms. The first-order chi connectivity index (χ1) is 16.8. The van der Waals surface area contributed by atoms with Gasteiger partial charge in [-0.2, -0.15) is 13.2 Å². The van der Waals surface area contributed by atoms with E-state index in [1.807, 2.05) is 60.7 Å². The molecule has 0 saturated carbocycles. The summed E-state index contributed by atoms with van der Waals surface area (Å²) in [6.07, 6.45) is 1.78. The maximum Gasteiger partial charge on any atom is 0.490 e. The molecule has 0 unspecified atom stereocenters. The number of rotatable bonds is 6. The summed E-state index contributed by atoms with van der Waals surface area (Å²) >= 11 is 0. The zero-order valence-corrected chi connectivity index (χ0v) is 18.2. The van der Waals surface area contributed by atoms with Gasteiger partial charge in [-0.05, 0) is 54.6 Å². The van der Waals surface area contributed by atoms with Crippen LogP contribution in [-0.4, -0.2) is 39.3 Å². The van der Waals surface area contributed by atoms with Gasteiger partial charge < -0.3 is 19.9 Å². The summed E-state index contributed by atoms with van der Waals surface area (Å²) in [7, 11) is 1.61. The Balaban J connectivity index is 0.000000429. The number of ether oxygens (including phenoxy) is 2. The van der Waals surface area contributed by atoms with Crippen molar-refractivity contribution in [3.63, 3.8) is 0 Å². The van der Waals surface area contributed by atoms with Crippen LogP contribution >= 0.6 is 0 Å². The summed E-state index contributed by atoms with van der Waals surface area (Å²) in [5.74, 6) is -0.108. The average molecular weight is 484 g/mol. The first kappa shape index (κ1) is 25.0. The van der Waals surface area contributed by atoms with Gasteiger partial charge in [-0.25, -0.2) is 14.8 Å². The normalized spacial score (nSPS) is 10.5. The van der Waals surface area contributed by atoms with Crippen LogP contribution in [-0.2, 0) is 4.79 Å². The highest BCUT2D eigenvalue weighted by molar-refractivity contribution is 5.73. The van der Waals surface area contributed by atoms with Gasteiger partial charge in [0, 0.05) is 35.4 Å². The molecular weight excluding hydrogens is 465 g/mol. The van der Waals surface area contributed by atoms with Gasteiger partial charge in [0.05, 0.1) is 13.3 Å². The molecule has 4 rings (SSSR count). The van der Waals surface area contributed by atoms with Crippen molar-refractivity contribution in [1.29, 1.82) is 0 Å². The lowest BCUT2D eigenvalue weighted by atomic mass is 10.1. The minimum Gasteiger partial charge on any atom is -0.495 e. The number of nitrogens with one attached hydrogen (secondary N) is 1. The highest BCUT2D eigenvalue weighted by atomic mass is 19.4. The van der Waals surface area contributed by atoms with Gasteiger partial charge in [0.1, 0.15) is 17.3 Å². The molecule has 4 aromatic rings. The van der Waals surface area contributed by atoms with Gasteiger partial charge in [0.25, 0.3) is 0 Å². The van der Waals surface area contributed by atoms with Gasteiger partial charge in [-0.15, -0.1) is 0 Å². The number of pyridine rings is 3. The molecule has 35 heavy (non-hydrogen) atoms. The SMILES string of the molecule is COc1cncc(-c2cccnc2Oc2ccc(Nc3ccccn3)cc2)c1.O=C(O)C(F)(F)F. The Bertz CT molecular complexity index is 1250. The molecule has 11 heteroatoms. The first-order valence-corrected chi connectivity index (χ1v) is 9.97. The second kappa shape index (κ2) is 11.5. The summed E-state index contributed by atoms with van der Waals surface area (Å²) in [5, 5.41) is 10.4. The van der Waals surface area contributed by atoms with E-state index in [0.717, 1.165) is 22.6 Å². The van der Waals surface area contributed by atoms with Crippen LogP contribution in [0.1, 0.15) is 0 Å². The molecule has 3 heterocycles. The molecule has 0 aliphatic heterocycles. The van der Waals surface area contributed by atoms with E-state index in [4.69, 9.17) is 19.4 Å². The first-order valence-electron chi connectivity index (χ1n) is 9.97. The Morgan fingerprint density at radius 3 is 2.29 bits per heavy atom. The summed E-state index contributed by atoms with van der Waals surface area (Å²) in [4.78, 5) is 21.7. The van der Waals surface area contributed by atoms with E-state index in [1.54, 1.807) is 31.9 Å². The Morgan fingerprint density at radius 2 is 1.66 bits per heavy atom. The molecule has 3 aromatic heterocycles. The van der Waals surface area contributed by atoms with E-state index in [0.29, 0.717) is 17.4 Å². The number of carbonyl (C=O) groups is 1. The third kappa shape index (κ3) is 7.42. The number of aliphatic carboxylic acids is 1. The molecule has 0 bridgehead atoms. The Morgan fingerprint density at radius 1 is 0.943 bits per heavy atom. The molecule has 0 aliphatic rings. The number of alkyl halides is 3. The Kier molecular flexibility index (Phi) is 8.17. The van der Waals surface area contributed by atoms with Crippen LogP contribution in [0.4, 0.5) is 24.7 Å². The lowest BCUT2D eigenvalue weighted by Crippen LogP contribution is -2.21. The van der Waals surface area contributed by atoms with Gasteiger partial charge >= 0.3 is 12.1 Å². The maximum absolute atomic E-state index is 10.6. The van der Waals surface area contributed by atoms with Crippen LogP contribution in [0.15, 0.2) is 85.5 Å². The zero-order valence-electron chi connectivity index (χ0n) is 18.2. The van der Waals surface area contributed by atoms with Crippen LogP contribution in [0.25, 0.3) is 11.1 Å². The zero-order chi connectivity index (χ0) is 25.3. The van der Waals surface area contributed by atoms with Crippen LogP contribution in [0.5, 0.6) is 17.4 Å². The lowest BCUT2D eigenvalue weighted by Gasteiger charge is -2.11. The number of anilines is 2. The van der Waals surface area contributed by atoms with E-state index in [2.05, 4.69) is 20.3 Å². The van der Waals surface area contributed by atoms with E-state index in [-0.39, 0.29) is 0 Å². The molecule has 0 saturated heterocycles. The highest BCUT2D eigenvalue weighted by Crippen LogP contribution is 2.32. The number of aromatic nitrogens is 3. The van der Waals surface area contributed by atoms with E-state index < -0.39 is 12.1 Å². The second-order valence-corrected chi connectivity index (χ2v) is 6.74. The molecule has 0 aliphatic carbocycles. The number of benzene rings is 1. The summed E-state index contributed by atoms with van der Waals surface area (Å²) in [6, 6.07) is 19.1. The van der Waals surface area contributed by atoms with Crippen molar-refractivity contribution >= 4 is 17.5 Å². The van der Waals surface area contributed by atoms with E-state index in [9.17, 15) is 13.2 Å². The molecule has 0 atom stereocenters. The number of methoxy groups -OCH3 is 1. The maximum atomic E-state index is 10.6. The molecule has 8 nitrogen and oxygen atoms in total. The lowest BCUT2D eigenvalue weighted by molar-refractivity contribution is -0.192. The Hall–Kier alpha value is -4.67. The topological polar surface area (TPSA) is 106 Å². The third-order valence-corrected chi connectivity index (χ3v) is 4.28. The van der Waals surface area contributed by atoms with Gasteiger partial charge in [-0.3, -0.25) is 4.98 Å². The number of carboxylic acid groups (broad SMARTS) is 1. The quantitative estimate of drug-likeness (QED) is 0.358. The van der Waals surface area contributed by atoms with Crippen molar-refractivity contribution in [2.45, 2.75) is 6.18 Å². The summed E-state index contributed by atoms with van der Waals surface area (Å²) < 4.78 is 43.0. The number of carboxylic acids is 1. The highest BCUT2D eigenvalue weighted by Gasteiger charge is 2.38. The fraction of sp³-hybridized carbons (Fsp3) is 0.0833. The minimum atomic E-state index is -5.08. The smallest absolute Gasteiger partial charge is 0.490 e. The van der Waals surface area contributed by atoms with E-state index >= 15 is 0 Å². The predicted molar refractivity (Wildman–Crippen MR) is 122 cm³/mol. The monoisotopic (exact) mass is 484 g/mol. The van der Waals surface area contributed by atoms with Crippen LogP contribution in [0.2, 0.25) is 0 Å². The molecule has 1 aromatic carbocycles. The Labute approximate surface area is 198 Å². The number of nitrogens with zero attached hydrogens (tertiary/aromatic N) is 3. The van der Waals surface area contributed by atoms with Gasteiger partial charge in [0.15, 0.2) is 0 Å². The second-order valence-electron chi connectivity index (χ2n) is 6.74. The third-order valence-electron chi connectivity index (χ3n) is 4.28. The average Bonchev–Trinajstić information content (AvgIpc) is 2.86. The van der Waals surface area contributed by atoms with Gasteiger partial charge in [0.2, 0.25) is 5.88 Å². The molecule has 0 radical (unpaired) electrons. The number of halogens is 3. The van der Waals surface area contributed by atoms with Crippen molar-refractivity contribution in [2.24, 2.45) is 0 Å². The van der Waals surface area contributed by atoms with E-state index in [1.165, 1.54) is 0 Å². The van der Waals surface area contributed by atoms with Crippen molar-refractivity contribution in [3.05, 3.63) is 85.5 Å². The fourth-order valence-corrected chi connectivity index (χ4v) is 2.67. The predicted octanol–water partition coefficient (Wildman–Crippen LogP) is 5.72. The standard InChI is InChI=1S/C22H18N4O2.C2HF3O2/c1-27-19-13-16(14-23-15-19)20-5-4-12-25-22(20)28-18-9-7-17(8-10-18)26-21-6-2-3-11-24-21;3-2(4,5)1(6)7/h2-15H,1H3,(H,24,26);(H,6,7). The summed E-state index contributed by atoms with van der Waals surface area (Å²) in [5.41, 5.74) is 2.63. The molecular formula is C24H19F3N4O4. The van der Waals surface area contributed by atoms with Crippen LogP contribution in [0.3, 0.4) is 0 Å². The number of hydrogen-bond donors (Lipinski definition) is 2. The van der Waals surface area contributed by atoms with Crippen molar-refractivity contribution in [2.75, 3.05) is 12.4 Å². The van der Waals surface area contributed by atoms with Gasteiger partial charge in [-0.1, -0.05) is 6.07 Å². The number of hydrogen-bond acceptors (Lipinski definition) is 7. The molecule has 180 valence electrons. The van der Waals surface area contributed by atoms with Crippen molar-refractivity contribution < 1.29 is 32.5 Å². The molecule has 2 N–H and O–H groups in total. The minimum absolute atomic E-state index is 0.503. The van der Waals surface area contributed by atoms with Crippen molar-refractivity contribution in [1.82, 2.24) is 15.0 Å². The summed E-state index contributed by atoms with van der Waals surface area (Å²) in [6.45, 7) is 0.